The van der Waals surface area contributed by atoms with Crippen LogP contribution in [0.1, 0.15) is 24.5 Å². The van der Waals surface area contributed by atoms with Gasteiger partial charge in [0.2, 0.25) is 0 Å². The van der Waals surface area contributed by atoms with Crippen molar-refractivity contribution in [2.75, 3.05) is 6.54 Å². The molecule has 2 nitrogen and oxygen atoms in total. The number of likely N-dealkylation sites (N-methyl/N-ethyl adjacent to an activating group) is 1. The van der Waals surface area contributed by atoms with Crippen molar-refractivity contribution in [3.05, 3.63) is 29.3 Å². The van der Waals surface area contributed by atoms with E-state index in [9.17, 15) is 5.11 Å². The molecule has 0 radical (unpaired) electrons. The highest BCUT2D eigenvalue weighted by atomic mass is 16.3. The molecule has 2 heteroatoms. The molecule has 0 saturated carbocycles. The second-order valence-electron chi connectivity index (χ2n) is 3.91. The van der Waals surface area contributed by atoms with Crippen LogP contribution in [0, 0.1) is 0 Å². The van der Waals surface area contributed by atoms with Gasteiger partial charge in [-0.05, 0) is 43.0 Å². The topological polar surface area (TPSA) is 32.3 Å². The van der Waals surface area contributed by atoms with Crippen molar-refractivity contribution in [2.45, 2.75) is 32.2 Å². The third-order valence-electron chi connectivity index (χ3n) is 2.95. The van der Waals surface area contributed by atoms with Crippen molar-refractivity contribution in [3.63, 3.8) is 0 Å². The van der Waals surface area contributed by atoms with Crippen LogP contribution < -0.4 is 5.32 Å². The Morgan fingerprint density at radius 1 is 1.50 bits per heavy atom. The maximum Gasteiger partial charge on any atom is 0.119 e. The Kier molecular flexibility index (Phi) is 2.73. The second kappa shape index (κ2) is 4.01. The first-order valence-corrected chi connectivity index (χ1v) is 5.34. The highest BCUT2D eigenvalue weighted by Gasteiger charge is 2.19. The lowest BCUT2D eigenvalue weighted by Crippen LogP contribution is -2.34. The Labute approximate surface area is 85.0 Å². The summed E-state index contributed by atoms with van der Waals surface area (Å²) in [5.74, 6) is 0.470. The molecule has 2 rings (SSSR count). The van der Waals surface area contributed by atoms with Gasteiger partial charge in [-0.1, -0.05) is 19.1 Å². The zero-order valence-electron chi connectivity index (χ0n) is 8.59. The van der Waals surface area contributed by atoms with Gasteiger partial charge in [0, 0.05) is 6.04 Å². The number of hydrogen-bond acceptors (Lipinski definition) is 2. The third-order valence-corrected chi connectivity index (χ3v) is 2.95. The monoisotopic (exact) mass is 191 g/mol. The molecule has 0 heterocycles. The first-order chi connectivity index (χ1) is 6.81. The summed E-state index contributed by atoms with van der Waals surface area (Å²) in [4.78, 5) is 0. The average molecular weight is 191 g/mol. The van der Waals surface area contributed by atoms with E-state index in [1.807, 2.05) is 6.07 Å². The molecule has 1 aromatic rings. The fourth-order valence-electron chi connectivity index (χ4n) is 2.25. The lowest BCUT2D eigenvalue weighted by molar-refractivity contribution is 0.437. The van der Waals surface area contributed by atoms with Crippen molar-refractivity contribution in [2.24, 2.45) is 0 Å². The van der Waals surface area contributed by atoms with Crippen molar-refractivity contribution < 1.29 is 5.11 Å². The maximum atomic E-state index is 9.65. The summed E-state index contributed by atoms with van der Waals surface area (Å²) < 4.78 is 0. The van der Waals surface area contributed by atoms with E-state index in [1.165, 1.54) is 5.56 Å². The van der Waals surface area contributed by atoms with Gasteiger partial charge in [0.1, 0.15) is 5.75 Å². The van der Waals surface area contributed by atoms with Crippen LogP contribution in [0.5, 0.6) is 5.75 Å². The van der Waals surface area contributed by atoms with Crippen LogP contribution in [-0.2, 0) is 12.8 Å². The molecule has 0 bridgehead atoms. The number of hydrogen-bond donors (Lipinski definition) is 2. The van der Waals surface area contributed by atoms with Crippen LogP contribution in [-0.4, -0.2) is 17.7 Å². The standard InChI is InChI=1S/C12H17NO/c1-2-13-10-6-7-11-9(8-10)4-3-5-12(11)14/h3-5,10,13-14H,2,6-8H2,1H3. The van der Waals surface area contributed by atoms with Gasteiger partial charge in [0.05, 0.1) is 0 Å². The van der Waals surface area contributed by atoms with Gasteiger partial charge < -0.3 is 10.4 Å². The van der Waals surface area contributed by atoms with Gasteiger partial charge >= 0.3 is 0 Å². The molecule has 0 aromatic heterocycles. The zero-order valence-corrected chi connectivity index (χ0v) is 8.59. The largest absolute Gasteiger partial charge is 0.508 e. The highest BCUT2D eigenvalue weighted by Crippen LogP contribution is 2.28. The van der Waals surface area contributed by atoms with Gasteiger partial charge in [-0.25, -0.2) is 0 Å². The molecule has 1 aliphatic rings. The van der Waals surface area contributed by atoms with E-state index in [2.05, 4.69) is 18.3 Å². The molecule has 2 N–H and O–H groups in total. The summed E-state index contributed by atoms with van der Waals surface area (Å²) in [5, 5.41) is 13.1. The molecule has 0 spiro atoms. The van der Waals surface area contributed by atoms with Crippen LogP contribution >= 0.6 is 0 Å². The molecular weight excluding hydrogens is 174 g/mol. The third kappa shape index (κ3) is 1.75. The summed E-state index contributed by atoms with van der Waals surface area (Å²) in [5.41, 5.74) is 2.46. The van der Waals surface area contributed by atoms with Gasteiger partial charge in [-0.15, -0.1) is 0 Å². The van der Waals surface area contributed by atoms with E-state index in [-0.39, 0.29) is 0 Å². The van der Waals surface area contributed by atoms with E-state index in [0.717, 1.165) is 31.4 Å². The fourth-order valence-corrected chi connectivity index (χ4v) is 2.25. The molecule has 1 aromatic carbocycles. The quantitative estimate of drug-likeness (QED) is 0.748. The first kappa shape index (κ1) is 9.53. The molecule has 0 amide bonds. The SMILES string of the molecule is CCNC1CCc2c(O)cccc2C1. The molecule has 14 heavy (non-hydrogen) atoms. The lowest BCUT2D eigenvalue weighted by Gasteiger charge is -2.25. The first-order valence-electron chi connectivity index (χ1n) is 5.34. The van der Waals surface area contributed by atoms with Crippen molar-refractivity contribution in [1.29, 1.82) is 0 Å². The van der Waals surface area contributed by atoms with Crippen LogP contribution in [0.2, 0.25) is 0 Å². The molecule has 0 fully saturated rings. The van der Waals surface area contributed by atoms with Gasteiger partial charge in [0.25, 0.3) is 0 Å². The van der Waals surface area contributed by atoms with Crippen molar-refractivity contribution in [1.82, 2.24) is 5.32 Å². The van der Waals surface area contributed by atoms with Gasteiger partial charge in [-0.2, -0.15) is 0 Å². The van der Waals surface area contributed by atoms with Gasteiger partial charge in [0.15, 0.2) is 0 Å². The van der Waals surface area contributed by atoms with Crippen LogP contribution in [0.3, 0.4) is 0 Å². The van der Waals surface area contributed by atoms with E-state index in [0.29, 0.717) is 11.8 Å². The summed E-state index contributed by atoms with van der Waals surface area (Å²) >= 11 is 0. The second-order valence-corrected chi connectivity index (χ2v) is 3.91. The Morgan fingerprint density at radius 2 is 2.36 bits per heavy atom. The molecule has 76 valence electrons. The molecule has 0 aliphatic heterocycles. The summed E-state index contributed by atoms with van der Waals surface area (Å²) in [6.07, 6.45) is 3.19. The molecule has 1 atom stereocenters. The minimum atomic E-state index is 0.470. The predicted molar refractivity (Wildman–Crippen MR) is 57.6 cm³/mol. The van der Waals surface area contributed by atoms with Gasteiger partial charge in [-0.3, -0.25) is 0 Å². The minimum absolute atomic E-state index is 0.470. The number of phenolic OH excluding ortho intramolecular Hbond substituents is 1. The average Bonchev–Trinajstić information content (AvgIpc) is 2.18. The number of fused-ring (bicyclic) bond motifs is 1. The number of phenols is 1. The molecule has 1 unspecified atom stereocenters. The molecular formula is C12H17NO. The van der Waals surface area contributed by atoms with E-state index in [1.54, 1.807) is 6.07 Å². The number of benzene rings is 1. The Balaban J connectivity index is 2.18. The molecule has 1 aliphatic carbocycles. The zero-order chi connectivity index (χ0) is 9.97. The summed E-state index contributed by atoms with van der Waals surface area (Å²) in [6.45, 7) is 3.16. The number of aromatic hydroxyl groups is 1. The van der Waals surface area contributed by atoms with E-state index in [4.69, 9.17) is 0 Å². The summed E-state index contributed by atoms with van der Waals surface area (Å²) in [7, 11) is 0. The minimum Gasteiger partial charge on any atom is -0.508 e. The number of nitrogens with one attached hydrogen (secondary N) is 1. The van der Waals surface area contributed by atoms with Crippen LogP contribution in [0.25, 0.3) is 0 Å². The summed E-state index contributed by atoms with van der Waals surface area (Å²) in [6, 6.07) is 6.43. The Hall–Kier alpha value is -1.02. The Morgan fingerprint density at radius 3 is 3.14 bits per heavy atom. The van der Waals surface area contributed by atoms with E-state index < -0.39 is 0 Å². The Bertz CT molecular complexity index is 322. The molecule has 0 saturated heterocycles. The maximum absolute atomic E-state index is 9.65. The smallest absolute Gasteiger partial charge is 0.119 e. The van der Waals surface area contributed by atoms with Crippen molar-refractivity contribution >= 4 is 0 Å². The van der Waals surface area contributed by atoms with Crippen LogP contribution in [0.15, 0.2) is 18.2 Å². The van der Waals surface area contributed by atoms with E-state index >= 15 is 0 Å². The van der Waals surface area contributed by atoms with Crippen LogP contribution in [0.4, 0.5) is 0 Å². The highest BCUT2D eigenvalue weighted by molar-refractivity contribution is 5.41. The fraction of sp³-hybridized carbons (Fsp3) is 0.500. The predicted octanol–water partition coefficient (Wildman–Crippen LogP) is 1.86. The number of rotatable bonds is 2. The normalized spacial score (nSPS) is 20.5. The van der Waals surface area contributed by atoms with Crippen molar-refractivity contribution in [3.8, 4) is 5.75 Å². The lowest BCUT2D eigenvalue weighted by atomic mass is 9.88.